The zero-order valence-corrected chi connectivity index (χ0v) is 22.6. The van der Waals surface area contributed by atoms with Crippen molar-refractivity contribution in [2.75, 3.05) is 18.5 Å². The summed E-state index contributed by atoms with van der Waals surface area (Å²) in [7, 11) is 1.87. The quantitative estimate of drug-likeness (QED) is 0.214. The largest absolute Gasteiger partial charge is 0.493 e. The van der Waals surface area contributed by atoms with E-state index < -0.39 is 0 Å². The summed E-state index contributed by atoms with van der Waals surface area (Å²) in [5.41, 5.74) is 3.55. The Morgan fingerprint density at radius 3 is 2.61 bits per heavy atom. The first kappa shape index (κ1) is 27.2. The molecule has 0 aliphatic carbocycles. The third-order valence-electron chi connectivity index (χ3n) is 5.72. The van der Waals surface area contributed by atoms with Crippen LogP contribution in [-0.2, 0) is 29.5 Å². The lowest BCUT2D eigenvalue weighted by Crippen LogP contribution is -2.07. The van der Waals surface area contributed by atoms with E-state index in [-0.39, 0.29) is 18.2 Å². The lowest BCUT2D eigenvalue weighted by Gasteiger charge is -2.14. The SMILES string of the molecule is CCCOc1cc(Sc2nnc(-c3cccc(F)c3)n2C)ccc1CNc1ccc(CC(=O)OCC)cc1. The highest BCUT2D eigenvalue weighted by atomic mass is 32.2. The number of rotatable bonds is 12. The fraction of sp³-hybridized carbons (Fsp3) is 0.276. The molecule has 0 unspecified atom stereocenters. The highest BCUT2D eigenvalue weighted by molar-refractivity contribution is 7.99. The van der Waals surface area contributed by atoms with Crippen LogP contribution in [0.1, 0.15) is 31.4 Å². The van der Waals surface area contributed by atoms with Gasteiger partial charge in [0.2, 0.25) is 0 Å². The van der Waals surface area contributed by atoms with Crippen molar-refractivity contribution in [1.29, 1.82) is 0 Å². The Bertz CT molecular complexity index is 1370. The van der Waals surface area contributed by atoms with Crippen molar-refractivity contribution in [3.8, 4) is 17.1 Å². The summed E-state index contributed by atoms with van der Waals surface area (Å²) in [6, 6.07) is 20.2. The molecule has 0 bridgehead atoms. The van der Waals surface area contributed by atoms with E-state index in [1.54, 1.807) is 13.0 Å². The lowest BCUT2D eigenvalue weighted by atomic mass is 10.1. The van der Waals surface area contributed by atoms with E-state index in [2.05, 4.69) is 22.4 Å². The topological polar surface area (TPSA) is 78.3 Å². The predicted molar refractivity (Wildman–Crippen MR) is 147 cm³/mol. The van der Waals surface area contributed by atoms with Crippen LogP contribution in [0.3, 0.4) is 0 Å². The number of anilines is 1. The Morgan fingerprint density at radius 2 is 1.87 bits per heavy atom. The maximum Gasteiger partial charge on any atom is 0.310 e. The predicted octanol–water partition coefficient (Wildman–Crippen LogP) is 6.28. The minimum absolute atomic E-state index is 0.226. The molecule has 4 aromatic rings. The first-order valence-electron chi connectivity index (χ1n) is 12.5. The van der Waals surface area contributed by atoms with Gasteiger partial charge in [0.05, 0.1) is 19.6 Å². The number of benzene rings is 3. The van der Waals surface area contributed by atoms with Gasteiger partial charge < -0.3 is 19.4 Å². The molecule has 0 amide bonds. The molecule has 198 valence electrons. The van der Waals surface area contributed by atoms with Crippen molar-refractivity contribution in [3.05, 3.63) is 83.7 Å². The third kappa shape index (κ3) is 7.13. The van der Waals surface area contributed by atoms with Gasteiger partial charge in [-0.25, -0.2) is 4.39 Å². The van der Waals surface area contributed by atoms with Crippen LogP contribution in [0.4, 0.5) is 10.1 Å². The fourth-order valence-electron chi connectivity index (χ4n) is 3.80. The monoisotopic (exact) mass is 534 g/mol. The van der Waals surface area contributed by atoms with Crippen LogP contribution in [0.2, 0.25) is 0 Å². The minimum Gasteiger partial charge on any atom is -0.493 e. The first-order valence-corrected chi connectivity index (χ1v) is 13.4. The van der Waals surface area contributed by atoms with Crippen molar-refractivity contribution >= 4 is 23.4 Å². The summed E-state index contributed by atoms with van der Waals surface area (Å²) in [6.07, 6.45) is 1.16. The van der Waals surface area contributed by atoms with Gasteiger partial charge in [0.1, 0.15) is 11.6 Å². The highest BCUT2D eigenvalue weighted by Crippen LogP contribution is 2.33. The number of ether oxygens (including phenoxy) is 2. The molecule has 1 heterocycles. The van der Waals surface area contributed by atoms with Gasteiger partial charge in [0, 0.05) is 35.3 Å². The van der Waals surface area contributed by atoms with Crippen LogP contribution in [0, 0.1) is 5.82 Å². The molecule has 1 N–H and O–H groups in total. The second-order valence-electron chi connectivity index (χ2n) is 8.63. The Balaban J connectivity index is 1.45. The van der Waals surface area contributed by atoms with E-state index in [0.29, 0.717) is 36.3 Å². The molecular weight excluding hydrogens is 503 g/mol. The molecule has 0 saturated heterocycles. The molecule has 0 atom stereocenters. The van der Waals surface area contributed by atoms with Crippen LogP contribution in [0.15, 0.2) is 76.8 Å². The molecule has 1 aromatic heterocycles. The summed E-state index contributed by atoms with van der Waals surface area (Å²) in [5.74, 6) is 0.865. The lowest BCUT2D eigenvalue weighted by molar-refractivity contribution is -0.142. The van der Waals surface area contributed by atoms with Crippen LogP contribution >= 0.6 is 11.8 Å². The smallest absolute Gasteiger partial charge is 0.310 e. The average molecular weight is 535 g/mol. The van der Waals surface area contributed by atoms with E-state index in [9.17, 15) is 9.18 Å². The van der Waals surface area contributed by atoms with E-state index in [1.165, 1.54) is 23.9 Å². The van der Waals surface area contributed by atoms with Crippen molar-refractivity contribution in [2.45, 2.75) is 43.3 Å². The first-order chi connectivity index (χ1) is 18.5. The molecule has 0 aliphatic rings. The van der Waals surface area contributed by atoms with E-state index in [0.717, 1.165) is 33.9 Å². The van der Waals surface area contributed by atoms with Crippen molar-refractivity contribution in [1.82, 2.24) is 14.8 Å². The Morgan fingerprint density at radius 1 is 1.05 bits per heavy atom. The summed E-state index contributed by atoms with van der Waals surface area (Å²) in [4.78, 5) is 12.7. The van der Waals surface area contributed by atoms with Gasteiger partial charge in [0.25, 0.3) is 0 Å². The van der Waals surface area contributed by atoms with Crippen LogP contribution < -0.4 is 10.1 Å². The summed E-state index contributed by atoms with van der Waals surface area (Å²) >= 11 is 1.47. The normalized spacial score (nSPS) is 10.8. The summed E-state index contributed by atoms with van der Waals surface area (Å²) < 4.78 is 26.6. The van der Waals surface area contributed by atoms with Crippen LogP contribution in [0.25, 0.3) is 11.4 Å². The summed E-state index contributed by atoms with van der Waals surface area (Å²) in [6.45, 7) is 5.44. The van der Waals surface area contributed by atoms with E-state index in [1.807, 2.05) is 60.1 Å². The number of nitrogens with one attached hydrogen (secondary N) is 1. The molecule has 0 aliphatic heterocycles. The van der Waals surface area contributed by atoms with Crippen LogP contribution in [0.5, 0.6) is 5.75 Å². The van der Waals surface area contributed by atoms with Gasteiger partial charge >= 0.3 is 5.97 Å². The second-order valence-corrected chi connectivity index (χ2v) is 9.67. The maximum absolute atomic E-state index is 13.7. The molecule has 3 aromatic carbocycles. The van der Waals surface area contributed by atoms with Crippen molar-refractivity contribution in [3.63, 3.8) is 0 Å². The molecule has 38 heavy (non-hydrogen) atoms. The maximum atomic E-state index is 13.7. The number of aromatic nitrogens is 3. The van der Waals surface area contributed by atoms with Gasteiger partial charge in [0.15, 0.2) is 11.0 Å². The number of esters is 1. The number of carbonyl (C=O) groups is 1. The number of hydrogen-bond donors (Lipinski definition) is 1. The number of carbonyl (C=O) groups excluding carboxylic acids is 1. The zero-order valence-electron chi connectivity index (χ0n) is 21.7. The van der Waals surface area contributed by atoms with Gasteiger partial charge in [-0.1, -0.05) is 37.3 Å². The van der Waals surface area contributed by atoms with E-state index >= 15 is 0 Å². The second kappa shape index (κ2) is 13.1. The van der Waals surface area contributed by atoms with E-state index in [4.69, 9.17) is 9.47 Å². The van der Waals surface area contributed by atoms with Crippen molar-refractivity contribution < 1.29 is 18.7 Å². The molecule has 4 rings (SSSR count). The Labute approximate surface area is 226 Å². The molecule has 0 fully saturated rings. The van der Waals surface area contributed by atoms with Gasteiger partial charge in [-0.15, -0.1) is 10.2 Å². The number of hydrogen-bond acceptors (Lipinski definition) is 7. The average Bonchev–Trinajstić information content (AvgIpc) is 3.27. The highest BCUT2D eigenvalue weighted by Gasteiger charge is 2.14. The molecule has 0 radical (unpaired) electrons. The molecule has 0 spiro atoms. The molecular formula is C29H31FN4O3S. The molecule has 7 nitrogen and oxygen atoms in total. The van der Waals surface area contributed by atoms with Crippen LogP contribution in [-0.4, -0.2) is 33.9 Å². The molecule has 9 heteroatoms. The van der Waals surface area contributed by atoms with Gasteiger partial charge in [-0.05, 0) is 67.1 Å². The molecule has 0 saturated carbocycles. The Hall–Kier alpha value is -3.85. The standard InChI is InChI=1S/C29H31FN4O3S/c1-4-15-37-26-18-25(38-29-33-32-28(34(29)3)21-7-6-8-23(30)17-21)14-11-22(26)19-31-24-12-9-20(10-13-24)16-27(35)36-5-2/h6-14,17-18,31H,4-5,15-16,19H2,1-3H3. The third-order valence-corrected chi connectivity index (χ3v) is 6.75. The van der Waals surface area contributed by atoms with Crippen molar-refractivity contribution in [2.24, 2.45) is 7.05 Å². The zero-order chi connectivity index (χ0) is 26.9. The fourth-order valence-corrected chi connectivity index (χ4v) is 4.61. The Kier molecular flexibility index (Phi) is 9.37. The number of nitrogens with zero attached hydrogens (tertiary/aromatic N) is 3. The number of halogens is 1. The summed E-state index contributed by atoms with van der Waals surface area (Å²) in [5, 5.41) is 12.7. The van der Waals surface area contributed by atoms with Gasteiger partial charge in [-0.2, -0.15) is 0 Å². The van der Waals surface area contributed by atoms with Gasteiger partial charge in [-0.3, -0.25) is 4.79 Å². The minimum atomic E-state index is -0.311.